The van der Waals surface area contributed by atoms with Gasteiger partial charge in [-0.25, -0.2) is 19.9 Å². The third kappa shape index (κ3) is 5.57. The van der Waals surface area contributed by atoms with Gasteiger partial charge in [0.2, 0.25) is 0 Å². The molecule has 0 aliphatic carbocycles. The molecule has 0 bridgehead atoms. The molecule has 2 aromatic heterocycles. The van der Waals surface area contributed by atoms with Crippen LogP contribution in [0.15, 0.2) is 73.6 Å². The maximum Gasteiger partial charge on any atom is 0.128 e. The molecular weight excluding hydrogens is 809 g/mol. The van der Waals surface area contributed by atoms with Crippen LogP contribution in [-0.2, 0) is 40.2 Å². The van der Waals surface area contributed by atoms with Gasteiger partial charge in [0.1, 0.15) is 24.3 Å². The quantitative estimate of drug-likeness (QED) is 0.275. The molecule has 190 valence electrons. The van der Waals surface area contributed by atoms with E-state index in [0.717, 1.165) is 34.4 Å². The number of para-hydroxylation sites is 2. The van der Waals surface area contributed by atoms with E-state index in [2.05, 4.69) is 57.5 Å². The molecule has 4 aromatic rings. The molecule has 2 aliphatic rings. The normalized spacial score (nSPS) is 13.3. The summed E-state index contributed by atoms with van der Waals surface area (Å²) in [4.78, 5) is 25.0. The zero-order valence-corrected chi connectivity index (χ0v) is 24.7. The van der Waals surface area contributed by atoms with Gasteiger partial charge in [-0.3, -0.25) is 0 Å². The molecular formula is C26H24Ir2N8-4. The minimum absolute atomic E-state index is 0. The van der Waals surface area contributed by atoms with Crippen LogP contribution in [0.1, 0.15) is 13.8 Å². The maximum atomic E-state index is 4.37. The average molecular weight is 833 g/mol. The Morgan fingerprint density at radius 3 is 1.81 bits per heavy atom. The number of nitrogens with zero attached hydrogens (tertiary/aromatic N) is 8. The van der Waals surface area contributed by atoms with Gasteiger partial charge in [0, 0.05) is 40.2 Å². The number of benzene rings is 2. The molecule has 0 spiro atoms. The molecule has 2 radical (unpaired) electrons. The summed E-state index contributed by atoms with van der Waals surface area (Å²) in [6, 6.07) is 22.5. The molecule has 0 N–H and O–H groups in total. The second-order valence-corrected chi connectivity index (χ2v) is 8.04. The van der Waals surface area contributed by atoms with Gasteiger partial charge in [-0.15, -0.1) is 18.0 Å². The predicted octanol–water partition coefficient (Wildman–Crippen LogP) is 4.74. The van der Waals surface area contributed by atoms with Gasteiger partial charge in [-0.1, -0.05) is 0 Å². The number of rotatable bonds is 3. The zero-order valence-electron chi connectivity index (χ0n) is 19.9. The van der Waals surface area contributed by atoms with Gasteiger partial charge in [-0.2, -0.15) is 67.3 Å². The first-order chi connectivity index (χ1) is 16.6. The van der Waals surface area contributed by atoms with E-state index in [0.29, 0.717) is 6.04 Å². The van der Waals surface area contributed by atoms with Crippen molar-refractivity contribution in [1.82, 2.24) is 19.9 Å². The summed E-state index contributed by atoms with van der Waals surface area (Å²) in [6.45, 7) is 8.32. The first-order valence-electron chi connectivity index (χ1n) is 11.0. The first-order valence-corrected chi connectivity index (χ1v) is 11.0. The predicted molar refractivity (Wildman–Crippen MR) is 134 cm³/mol. The Morgan fingerprint density at radius 2 is 1.28 bits per heavy atom. The van der Waals surface area contributed by atoms with E-state index >= 15 is 0 Å². The summed E-state index contributed by atoms with van der Waals surface area (Å²) in [5, 5.41) is 0. The molecule has 6 rings (SSSR count). The largest absolute Gasteiger partial charge is 0.501 e. The molecule has 36 heavy (non-hydrogen) atoms. The van der Waals surface area contributed by atoms with E-state index in [4.69, 9.17) is 0 Å². The van der Waals surface area contributed by atoms with Crippen LogP contribution in [0.3, 0.4) is 0 Å². The second kappa shape index (κ2) is 12.4. The Bertz CT molecular complexity index is 1240. The number of fused-ring (bicyclic) bond motifs is 2. The van der Waals surface area contributed by atoms with Crippen molar-refractivity contribution in [2.24, 2.45) is 0 Å². The fraction of sp³-hybridized carbons (Fsp3) is 0.154. The van der Waals surface area contributed by atoms with Crippen molar-refractivity contribution in [2.45, 2.75) is 19.9 Å². The molecule has 4 heterocycles. The van der Waals surface area contributed by atoms with Gasteiger partial charge in [0.25, 0.3) is 0 Å². The molecule has 2 aliphatic heterocycles. The Labute approximate surface area is 239 Å². The number of hydrogen-bond acceptors (Lipinski definition) is 8. The SMILES string of the molecule is CC(C)N1[CH-]N(c2[c-]cccc2)c2ncncc21.CN1[CH-]N(c2[c-]cccc2)c2ncncc21.[Ir].[Ir]. The third-order valence-electron chi connectivity index (χ3n) is 5.45. The molecule has 8 nitrogen and oxygen atoms in total. The van der Waals surface area contributed by atoms with Crippen molar-refractivity contribution in [3.8, 4) is 0 Å². The topological polar surface area (TPSA) is 64.5 Å². The summed E-state index contributed by atoms with van der Waals surface area (Å²) < 4.78 is 0. The minimum atomic E-state index is 0. The van der Waals surface area contributed by atoms with Gasteiger partial charge >= 0.3 is 0 Å². The second-order valence-electron chi connectivity index (χ2n) is 8.04. The number of hydrogen-bond donors (Lipinski definition) is 0. The van der Waals surface area contributed by atoms with E-state index in [-0.39, 0.29) is 40.2 Å². The third-order valence-corrected chi connectivity index (χ3v) is 5.45. The minimum Gasteiger partial charge on any atom is -0.501 e. The summed E-state index contributed by atoms with van der Waals surface area (Å²) in [6.07, 6.45) is 6.79. The fourth-order valence-electron chi connectivity index (χ4n) is 3.80. The summed E-state index contributed by atoms with van der Waals surface area (Å²) >= 11 is 0. The van der Waals surface area contributed by atoms with Gasteiger partial charge in [0.15, 0.2) is 0 Å². The van der Waals surface area contributed by atoms with Crippen LogP contribution >= 0.6 is 0 Å². The van der Waals surface area contributed by atoms with Crippen LogP contribution in [0, 0.1) is 25.5 Å². The van der Waals surface area contributed by atoms with Crippen molar-refractivity contribution < 1.29 is 40.2 Å². The van der Waals surface area contributed by atoms with Crippen LogP contribution in [0.5, 0.6) is 0 Å². The summed E-state index contributed by atoms with van der Waals surface area (Å²) in [7, 11) is 1.98. The Balaban J connectivity index is 0.000000191. The van der Waals surface area contributed by atoms with E-state index in [1.807, 2.05) is 89.3 Å². The van der Waals surface area contributed by atoms with Crippen LogP contribution < -0.4 is 19.6 Å². The van der Waals surface area contributed by atoms with Crippen LogP contribution in [0.4, 0.5) is 34.4 Å². The molecule has 0 atom stereocenters. The van der Waals surface area contributed by atoms with Crippen molar-refractivity contribution in [2.75, 3.05) is 26.6 Å². The standard InChI is InChI=1S/C14H14N4.C12H10N4.2Ir/c1-11(2)17-10-18(12-6-4-3-5-7-12)14-13(17)8-15-9-16-14;1-15-9-16(10-5-3-2-4-6-10)12-11(15)7-13-8-14-12;;/h3-6,8-11H,1-2H3;2-5,7-9H,1H3;;/q2*-2;;. The Morgan fingerprint density at radius 1 is 0.750 bits per heavy atom. The van der Waals surface area contributed by atoms with Crippen molar-refractivity contribution in [1.29, 1.82) is 0 Å². The van der Waals surface area contributed by atoms with E-state index in [9.17, 15) is 0 Å². The Hall–Kier alpha value is -2.90. The average Bonchev–Trinajstić information content (AvgIpc) is 3.44. The number of aromatic nitrogens is 4. The van der Waals surface area contributed by atoms with Crippen molar-refractivity contribution >= 4 is 34.4 Å². The van der Waals surface area contributed by atoms with E-state index in [1.165, 1.54) is 0 Å². The molecule has 10 heteroatoms. The van der Waals surface area contributed by atoms with Crippen molar-refractivity contribution in [3.63, 3.8) is 0 Å². The fourth-order valence-corrected chi connectivity index (χ4v) is 3.80. The van der Waals surface area contributed by atoms with Gasteiger partial charge in [-0.05, 0) is 26.9 Å². The van der Waals surface area contributed by atoms with E-state index in [1.54, 1.807) is 12.7 Å². The van der Waals surface area contributed by atoms with E-state index < -0.39 is 0 Å². The molecule has 0 saturated heterocycles. The van der Waals surface area contributed by atoms with Crippen LogP contribution in [-0.4, -0.2) is 33.0 Å². The van der Waals surface area contributed by atoms with Gasteiger partial charge in [0.05, 0.1) is 23.8 Å². The monoisotopic (exact) mass is 834 g/mol. The summed E-state index contributed by atoms with van der Waals surface area (Å²) in [5.74, 6) is 1.79. The molecule has 0 amide bonds. The smallest absolute Gasteiger partial charge is 0.128 e. The Kier molecular flexibility index (Phi) is 9.51. The van der Waals surface area contributed by atoms with Crippen molar-refractivity contribution in [3.05, 3.63) is 99.0 Å². The van der Waals surface area contributed by atoms with Crippen LogP contribution in [0.2, 0.25) is 0 Å². The zero-order chi connectivity index (χ0) is 23.5. The molecule has 2 aromatic carbocycles. The number of anilines is 6. The van der Waals surface area contributed by atoms with Gasteiger partial charge < -0.3 is 19.6 Å². The van der Waals surface area contributed by atoms with Crippen LogP contribution in [0.25, 0.3) is 0 Å². The molecule has 0 unspecified atom stereocenters. The maximum absolute atomic E-state index is 4.37. The molecule has 0 saturated carbocycles. The summed E-state index contributed by atoms with van der Waals surface area (Å²) in [5.41, 5.74) is 4.00. The molecule has 0 fully saturated rings. The first kappa shape index (κ1) is 27.7.